The number of thioether (sulfide) groups is 1. The van der Waals surface area contributed by atoms with Crippen LogP contribution in [0.4, 0.5) is 0 Å². The Morgan fingerprint density at radius 2 is 2.20 bits per heavy atom. The summed E-state index contributed by atoms with van der Waals surface area (Å²) in [6.07, 6.45) is -0.522. The number of aliphatic hydroxyl groups is 1. The molecule has 1 rings (SSSR count). The molecule has 0 fully saturated rings. The topological polar surface area (TPSA) is 46.5 Å². The van der Waals surface area contributed by atoms with Crippen LogP contribution in [0.5, 0.6) is 0 Å². The van der Waals surface area contributed by atoms with Gasteiger partial charge in [-0.1, -0.05) is 18.2 Å². The molecule has 1 aromatic rings. The molecular weight excluding hydrogens is 212 g/mol. The van der Waals surface area contributed by atoms with Gasteiger partial charge in [-0.05, 0) is 18.6 Å². The molecule has 0 heterocycles. The van der Waals surface area contributed by atoms with Gasteiger partial charge >= 0.3 is 5.97 Å². The lowest BCUT2D eigenvalue weighted by Gasteiger charge is -2.10. The van der Waals surface area contributed by atoms with Crippen LogP contribution in [0.15, 0.2) is 29.2 Å². The van der Waals surface area contributed by atoms with Gasteiger partial charge < -0.3 is 9.84 Å². The fourth-order valence-corrected chi connectivity index (χ4v) is 2.12. The second kappa shape index (κ2) is 5.78. The summed E-state index contributed by atoms with van der Waals surface area (Å²) in [6, 6.07) is 7.48. The maximum absolute atomic E-state index is 11.0. The van der Waals surface area contributed by atoms with Crippen LogP contribution < -0.4 is 0 Å². The van der Waals surface area contributed by atoms with Crippen molar-refractivity contribution in [3.8, 4) is 0 Å². The van der Waals surface area contributed by atoms with E-state index in [1.165, 1.54) is 18.9 Å². The van der Waals surface area contributed by atoms with Crippen LogP contribution in [0.3, 0.4) is 0 Å². The molecule has 1 N–H and O–H groups in total. The lowest BCUT2D eigenvalue weighted by molar-refractivity contribution is -0.137. The minimum Gasteiger partial charge on any atom is -0.468 e. The SMILES string of the molecule is COC(=O)CSc1ccccc1[C@@H](C)O. The second-order valence-corrected chi connectivity index (χ2v) is 4.10. The number of hydrogen-bond donors (Lipinski definition) is 1. The number of ether oxygens (including phenoxy) is 1. The van der Waals surface area contributed by atoms with Crippen molar-refractivity contribution in [2.24, 2.45) is 0 Å². The Balaban J connectivity index is 2.71. The third kappa shape index (κ3) is 3.57. The monoisotopic (exact) mass is 226 g/mol. The molecule has 4 heteroatoms. The number of aliphatic hydroxyl groups excluding tert-OH is 1. The smallest absolute Gasteiger partial charge is 0.315 e. The lowest BCUT2D eigenvalue weighted by atomic mass is 10.1. The maximum Gasteiger partial charge on any atom is 0.315 e. The van der Waals surface area contributed by atoms with E-state index >= 15 is 0 Å². The number of benzene rings is 1. The van der Waals surface area contributed by atoms with Gasteiger partial charge in [-0.15, -0.1) is 11.8 Å². The van der Waals surface area contributed by atoms with E-state index in [1.54, 1.807) is 6.92 Å². The number of carbonyl (C=O) groups excluding carboxylic acids is 1. The maximum atomic E-state index is 11.0. The number of carbonyl (C=O) groups is 1. The highest BCUT2D eigenvalue weighted by atomic mass is 32.2. The number of methoxy groups -OCH3 is 1. The molecule has 0 bridgehead atoms. The molecule has 1 atom stereocenters. The summed E-state index contributed by atoms with van der Waals surface area (Å²) in [6.45, 7) is 1.71. The molecule has 1 aromatic carbocycles. The van der Waals surface area contributed by atoms with Crippen LogP contribution >= 0.6 is 11.8 Å². The first-order valence-electron chi connectivity index (χ1n) is 4.61. The standard InChI is InChI=1S/C11H14O3S/c1-8(12)9-5-3-4-6-10(9)15-7-11(13)14-2/h3-6,8,12H,7H2,1-2H3/t8-/m1/s1. The van der Waals surface area contributed by atoms with Crippen LogP contribution in [-0.2, 0) is 9.53 Å². The third-order valence-corrected chi connectivity index (χ3v) is 3.01. The minimum absolute atomic E-state index is 0.264. The Hall–Kier alpha value is -1.00. The van der Waals surface area contributed by atoms with Crippen LogP contribution in [0.1, 0.15) is 18.6 Å². The third-order valence-electron chi connectivity index (χ3n) is 1.94. The van der Waals surface area contributed by atoms with Crippen molar-refractivity contribution >= 4 is 17.7 Å². The summed E-state index contributed by atoms with van der Waals surface area (Å²) in [7, 11) is 1.36. The highest BCUT2D eigenvalue weighted by Crippen LogP contribution is 2.27. The molecule has 0 saturated heterocycles. The summed E-state index contributed by atoms with van der Waals surface area (Å²) in [5.41, 5.74) is 0.839. The summed E-state index contributed by atoms with van der Waals surface area (Å²) >= 11 is 1.37. The first-order chi connectivity index (χ1) is 7.15. The van der Waals surface area contributed by atoms with E-state index in [-0.39, 0.29) is 11.7 Å². The van der Waals surface area contributed by atoms with Crippen LogP contribution in [0.25, 0.3) is 0 Å². The normalized spacial score (nSPS) is 12.2. The van der Waals surface area contributed by atoms with Gasteiger partial charge in [-0.3, -0.25) is 4.79 Å². The molecular formula is C11H14O3S. The Morgan fingerprint density at radius 1 is 1.53 bits per heavy atom. The van der Waals surface area contributed by atoms with Gasteiger partial charge in [-0.2, -0.15) is 0 Å². The van der Waals surface area contributed by atoms with Crippen molar-refractivity contribution < 1.29 is 14.6 Å². The molecule has 0 saturated carbocycles. The van der Waals surface area contributed by atoms with E-state index in [1.807, 2.05) is 24.3 Å². The fraction of sp³-hybridized carbons (Fsp3) is 0.364. The van der Waals surface area contributed by atoms with Gasteiger partial charge in [0, 0.05) is 4.90 Å². The predicted molar refractivity (Wildman–Crippen MR) is 59.8 cm³/mol. The quantitative estimate of drug-likeness (QED) is 0.630. The summed E-state index contributed by atoms with van der Waals surface area (Å²) in [4.78, 5) is 11.9. The fourth-order valence-electron chi connectivity index (χ4n) is 1.15. The first kappa shape index (κ1) is 12.1. The molecule has 0 amide bonds. The van der Waals surface area contributed by atoms with Crippen LogP contribution in [0, 0.1) is 0 Å². The van der Waals surface area contributed by atoms with Crippen LogP contribution in [0.2, 0.25) is 0 Å². The zero-order valence-electron chi connectivity index (χ0n) is 8.77. The van der Waals surface area contributed by atoms with Crippen molar-refractivity contribution in [3.63, 3.8) is 0 Å². The van der Waals surface area contributed by atoms with E-state index in [4.69, 9.17) is 0 Å². The van der Waals surface area contributed by atoms with E-state index in [2.05, 4.69) is 4.74 Å². The van der Waals surface area contributed by atoms with Gasteiger partial charge in [0.05, 0.1) is 19.0 Å². The molecule has 0 radical (unpaired) electrons. The average molecular weight is 226 g/mol. The molecule has 3 nitrogen and oxygen atoms in total. The number of esters is 1. The predicted octanol–water partition coefficient (Wildman–Crippen LogP) is 2.01. The van der Waals surface area contributed by atoms with Gasteiger partial charge in [0.2, 0.25) is 0 Å². The first-order valence-corrected chi connectivity index (χ1v) is 5.60. The number of rotatable bonds is 4. The van der Waals surface area contributed by atoms with Gasteiger partial charge in [-0.25, -0.2) is 0 Å². The molecule has 0 aliphatic rings. The van der Waals surface area contributed by atoms with E-state index < -0.39 is 6.10 Å². The zero-order valence-corrected chi connectivity index (χ0v) is 9.58. The van der Waals surface area contributed by atoms with E-state index in [9.17, 15) is 9.90 Å². The van der Waals surface area contributed by atoms with Crippen molar-refractivity contribution in [1.82, 2.24) is 0 Å². The lowest BCUT2D eigenvalue weighted by Crippen LogP contribution is -2.04. The average Bonchev–Trinajstić information content (AvgIpc) is 2.26. The molecule has 0 aliphatic carbocycles. The molecule has 0 unspecified atom stereocenters. The van der Waals surface area contributed by atoms with E-state index in [0.717, 1.165) is 10.5 Å². The summed E-state index contributed by atoms with van der Waals surface area (Å²) in [5.74, 6) is 0.000598. The van der Waals surface area contributed by atoms with Crippen LogP contribution in [-0.4, -0.2) is 23.9 Å². The van der Waals surface area contributed by atoms with Crippen molar-refractivity contribution in [1.29, 1.82) is 0 Å². The number of hydrogen-bond acceptors (Lipinski definition) is 4. The molecule has 0 spiro atoms. The van der Waals surface area contributed by atoms with Crippen molar-refractivity contribution in [2.75, 3.05) is 12.9 Å². The Kier molecular flexibility index (Phi) is 4.65. The second-order valence-electron chi connectivity index (χ2n) is 3.08. The minimum atomic E-state index is -0.522. The van der Waals surface area contributed by atoms with Crippen molar-refractivity contribution in [2.45, 2.75) is 17.9 Å². The highest BCUT2D eigenvalue weighted by Gasteiger charge is 2.09. The van der Waals surface area contributed by atoms with Gasteiger partial charge in [0.25, 0.3) is 0 Å². The van der Waals surface area contributed by atoms with E-state index in [0.29, 0.717) is 0 Å². The molecule has 82 valence electrons. The Labute approximate surface area is 93.4 Å². The van der Waals surface area contributed by atoms with Crippen molar-refractivity contribution in [3.05, 3.63) is 29.8 Å². The van der Waals surface area contributed by atoms with Gasteiger partial charge in [0.15, 0.2) is 0 Å². The molecule has 0 aliphatic heterocycles. The molecule has 0 aromatic heterocycles. The Morgan fingerprint density at radius 3 is 2.80 bits per heavy atom. The van der Waals surface area contributed by atoms with Gasteiger partial charge in [0.1, 0.15) is 0 Å². The summed E-state index contributed by atoms with van der Waals surface area (Å²) < 4.78 is 4.55. The summed E-state index contributed by atoms with van der Waals surface area (Å²) in [5, 5.41) is 9.50. The molecule has 15 heavy (non-hydrogen) atoms. The Bertz CT molecular complexity index is 336. The highest BCUT2D eigenvalue weighted by molar-refractivity contribution is 8.00. The zero-order chi connectivity index (χ0) is 11.3. The largest absolute Gasteiger partial charge is 0.468 e.